The van der Waals surface area contributed by atoms with E-state index in [1.165, 1.54) is 0 Å². The van der Waals surface area contributed by atoms with Gasteiger partial charge in [-0.25, -0.2) is 13.8 Å². The van der Waals surface area contributed by atoms with Gasteiger partial charge in [0.25, 0.3) is 5.91 Å². The Labute approximate surface area is 450 Å². The van der Waals surface area contributed by atoms with Gasteiger partial charge in [-0.15, -0.1) is 10.2 Å². The number of carbonyl (C=O) groups excluding carboxylic acids is 3. The van der Waals surface area contributed by atoms with Crippen LogP contribution in [0.3, 0.4) is 0 Å². The Kier molecular flexibility index (Phi) is 26.2. The van der Waals surface area contributed by atoms with Crippen LogP contribution in [-0.2, 0) is 107 Å². The predicted molar refractivity (Wildman–Crippen MR) is 250 cm³/mol. The van der Waals surface area contributed by atoms with Crippen LogP contribution in [0.25, 0.3) is 0 Å². The van der Waals surface area contributed by atoms with E-state index in [1.54, 1.807) is 34.0 Å². The third kappa shape index (κ3) is 19.7. The van der Waals surface area contributed by atoms with Gasteiger partial charge in [-0.05, 0) is 0 Å². The van der Waals surface area contributed by atoms with Crippen molar-refractivity contribution in [3.05, 3.63) is 23.8 Å². The fraction of sp³-hybridized carbons (Fsp3) is 0.844. The summed E-state index contributed by atoms with van der Waals surface area (Å²) in [4.78, 5) is 34.8. The van der Waals surface area contributed by atoms with Gasteiger partial charge in [-0.3, -0.25) is 14.4 Å². The number of ether oxygens (including phenoxy) is 14. The fourth-order valence-corrected chi connectivity index (χ4v) is 8.13. The normalized spacial score (nSPS) is 26.8. The molecule has 4 aliphatic heterocycles. The van der Waals surface area contributed by atoms with Gasteiger partial charge in [-0.1, -0.05) is 17.4 Å². The molecule has 4 saturated heterocycles. The fourth-order valence-electron chi connectivity index (χ4n) is 8.13. The van der Waals surface area contributed by atoms with E-state index in [-0.39, 0.29) is 98.2 Å². The number of aliphatic hydroxyl groups excluding tert-OH is 4. The molecule has 4 aliphatic rings. The lowest BCUT2D eigenvalue weighted by Gasteiger charge is -2.42. The van der Waals surface area contributed by atoms with E-state index < -0.39 is 91.2 Å². The molecule has 79 heavy (non-hydrogen) atoms. The average Bonchev–Trinajstić information content (AvgIpc) is 4.48. The summed E-state index contributed by atoms with van der Waals surface area (Å²) in [7, 11) is 0. The zero-order chi connectivity index (χ0) is 56.7. The van der Waals surface area contributed by atoms with Gasteiger partial charge in [-0.2, -0.15) is 13.2 Å². The number of nitrogens with one attached hydrogen (secondary N) is 3. The highest BCUT2D eigenvalue weighted by Crippen LogP contribution is 2.39. The highest BCUT2D eigenvalue weighted by atomic mass is 19.4. The minimum atomic E-state index is -5.20. The molecule has 11 atom stereocenters. The highest BCUT2D eigenvalue weighted by molar-refractivity contribution is 5.82. The van der Waals surface area contributed by atoms with E-state index in [1.807, 2.05) is 0 Å². The first kappa shape index (κ1) is 63.9. The zero-order valence-corrected chi connectivity index (χ0v) is 43.5. The SMILES string of the molecule is CCC(=O)NCC(OCc1cn(CCOCCOCCOCCOC[C@@]23CO[C@@H](O2)[C@@H](NC(=O)CF)[C@@H](O)[C@H]3O)nn1)OCc1cn(CCOCCOCCOCCOC[C@@]23CO[C@@H](O2)[C@@H](NC(=O)C(F)(F)F)[C@@H](O)[C@H]3O)nn1. The largest absolute Gasteiger partial charge is 0.471 e. The van der Waals surface area contributed by atoms with Gasteiger partial charge in [0.05, 0.1) is 164 Å². The van der Waals surface area contributed by atoms with Crippen molar-refractivity contribution in [3.8, 4) is 0 Å². The van der Waals surface area contributed by atoms with Crippen LogP contribution >= 0.6 is 0 Å². The molecule has 4 bridgehead atoms. The molecule has 1 unspecified atom stereocenters. The summed E-state index contributed by atoms with van der Waals surface area (Å²) in [6.07, 6.45) is -11.2. The number of aromatic nitrogens is 6. The van der Waals surface area contributed by atoms with Gasteiger partial charge in [0.1, 0.15) is 59.1 Å². The van der Waals surface area contributed by atoms with Gasteiger partial charge in [0.2, 0.25) is 5.91 Å². The number of hydrogen-bond acceptors (Lipinski definition) is 25. The molecule has 2 aromatic heterocycles. The number of nitrogens with zero attached hydrogens (tertiary/aromatic N) is 6. The van der Waals surface area contributed by atoms with Gasteiger partial charge >= 0.3 is 12.1 Å². The minimum absolute atomic E-state index is 0.0348. The Balaban J connectivity index is 0.733. The van der Waals surface area contributed by atoms with Crippen LogP contribution in [0.5, 0.6) is 0 Å². The standard InChI is InChI=1S/C45H71F4N9O21/c1-2-31(59)50-20-33(74-23-29-21-57(55-53-29)3-5-66-7-9-68-11-13-70-15-17-72-25-43-27-76-40(78-43)34(36(61)38(43)63)51-32(60)19-46)75-24-30-22-58(56-54-30)4-6-67-8-10-69-12-14-71-16-18-73-26-44-28-77-41(79-44)35(37(62)39(44)64)52-42(65)45(47,48)49/h21-22,33-41,61-64H,2-20,23-28H2,1H3,(H,50,59)(H,51,60)(H,52,65)/t33?,34-,35-,36+,37+,38+,39+,40-,41-,43-,44-/m0/s1. The minimum Gasteiger partial charge on any atom is -0.388 e. The molecule has 6 heterocycles. The Morgan fingerprint density at radius 1 is 0.646 bits per heavy atom. The highest BCUT2D eigenvalue weighted by Gasteiger charge is 2.61. The number of aliphatic hydroxyl groups is 4. The topological polar surface area (TPSA) is 359 Å². The molecule has 450 valence electrons. The predicted octanol–water partition coefficient (Wildman–Crippen LogP) is -4.22. The van der Waals surface area contributed by atoms with Crippen LogP contribution in [0.2, 0.25) is 0 Å². The molecule has 3 amide bonds. The summed E-state index contributed by atoms with van der Waals surface area (Å²) in [6.45, 7) is 4.25. The molecule has 4 fully saturated rings. The first-order valence-electron chi connectivity index (χ1n) is 25.5. The maximum Gasteiger partial charge on any atom is 0.471 e. The number of hydrogen-bond donors (Lipinski definition) is 7. The van der Waals surface area contributed by atoms with Crippen molar-refractivity contribution in [3.63, 3.8) is 0 Å². The van der Waals surface area contributed by atoms with Crippen LogP contribution in [0.1, 0.15) is 24.7 Å². The van der Waals surface area contributed by atoms with E-state index in [9.17, 15) is 52.4 Å². The second-order valence-electron chi connectivity index (χ2n) is 18.3. The number of amides is 3. The summed E-state index contributed by atoms with van der Waals surface area (Å²) in [5, 5.41) is 65.1. The van der Waals surface area contributed by atoms with Gasteiger partial charge < -0.3 is 103 Å². The number of alkyl halides is 4. The van der Waals surface area contributed by atoms with E-state index in [0.29, 0.717) is 77.3 Å². The van der Waals surface area contributed by atoms with Crippen LogP contribution in [0, 0.1) is 0 Å². The third-order valence-electron chi connectivity index (χ3n) is 12.4. The van der Waals surface area contributed by atoms with Crippen LogP contribution in [0.4, 0.5) is 17.6 Å². The summed E-state index contributed by atoms with van der Waals surface area (Å²) in [5.41, 5.74) is -1.83. The average molecular weight is 1150 g/mol. The summed E-state index contributed by atoms with van der Waals surface area (Å²) in [6, 6.07) is -2.75. The maximum absolute atomic E-state index is 12.7. The Hall–Kier alpha value is -4.31. The maximum atomic E-state index is 12.7. The molecule has 0 aliphatic carbocycles. The Bertz CT molecular complexity index is 2120. The molecule has 6 rings (SSSR count). The molecular weight excluding hydrogens is 1080 g/mol. The van der Waals surface area contributed by atoms with Crippen LogP contribution in [0.15, 0.2) is 12.4 Å². The lowest BCUT2D eigenvalue weighted by Crippen LogP contribution is -2.67. The lowest BCUT2D eigenvalue weighted by atomic mass is 9.88. The molecule has 0 aromatic carbocycles. The molecule has 30 nitrogen and oxygen atoms in total. The Morgan fingerprint density at radius 2 is 1.05 bits per heavy atom. The van der Waals surface area contributed by atoms with Crippen molar-refractivity contribution < 1.29 is 119 Å². The quantitative estimate of drug-likeness (QED) is 0.0189. The molecule has 0 saturated carbocycles. The summed E-state index contributed by atoms with van der Waals surface area (Å²) < 4.78 is 132. The van der Waals surface area contributed by atoms with Crippen molar-refractivity contribution in [2.24, 2.45) is 0 Å². The third-order valence-corrected chi connectivity index (χ3v) is 12.4. The summed E-state index contributed by atoms with van der Waals surface area (Å²) in [5.74, 6) is -3.44. The van der Waals surface area contributed by atoms with Crippen LogP contribution < -0.4 is 16.0 Å². The smallest absolute Gasteiger partial charge is 0.388 e. The number of rotatable bonds is 40. The number of halogens is 4. The van der Waals surface area contributed by atoms with Crippen molar-refractivity contribution in [2.75, 3.05) is 132 Å². The second-order valence-corrected chi connectivity index (χ2v) is 18.3. The molecule has 34 heteroatoms. The molecule has 2 aromatic rings. The zero-order valence-electron chi connectivity index (χ0n) is 43.5. The van der Waals surface area contributed by atoms with E-state index in [4.69, 9.17) is 66.3 Å². The molecule has 0 radical (unpaired) electrons. The van der Waals surface area contributed by atoms with E-state index >= 15 is 0 Å². The van der Waals surface area contributed by atoms with Crippen molar-refractivity contribution in [1.29, 1.82) is 0 Å². The van der Waals surface area contributed by atoms with Crippen LogP contribution in [-0.4, -0.2) is 273 Å². The lowest BCUT2D eigenvalue weighted by molar-refractivity contribution is -0.240. The number of fused-ring (bicyclic) bond motifs is 4. The Morgan fingerprint density at radius 3 is 1.46 bits per heavy atom. The van der Waals surface area contributed by atoms with E-state index in [2.05, 4.69) is 31.3 Å². The summed E-state index contributed by atoms with van der Waals surface area (Å²) >= 11 is 0. The van der Waals surface area contributed by atoms with Crippen molar-refractivity contribution in [1.82, 2.24) is 45.9 Å². The second kappa shape index (κ2) is 32.4. The monoisotopic (exact) mass is 1150 g/mol. The number of carbonyl (C=O) groups is 3. The van der Waals surface area contributed by atoms with Gasteiger partial charge in [0.15, 0.2) is 25.5 Å². The molecule has 0 spiro atoms. The first-order chi connectivity index (χ1) is 38.1. The first-order valence-corrected chi connectivity index (χ1v) is 25.5. The molecular formula is C45H71F4N9O21. The van der Waals surface area contributed by atoms with Crippen molar-refractivity contribution >= 4 is 17.7 Å². The van der Waals surface area contributed by atoms with Gasteiger partial charge in [0, 0.05) is 6.42 Å². The van der Waals surface area contributed by atoms with Crippen molar-refractivity contribution in [2.45, 2.75) is 112 Å². The molecule has 7 N–H and O–H groups in total. The van der Waals surface area contributed by atoms with E-state index in [0.717, 1.165) is 0 Å².